The van der Waals surface area contributed by atoms with E-state index in [0.29, 0.717) is 17.1 Å². The Morgan fingerprint density at radius 2 is 1.94 bits per heavy atom. The number of carbonyl (C=O) groups is 2. The van der Waals surface area contributed by atoms with Gasteiger partial charge in [-0.15, -0.1) is 0 Å². The molecule has 0 aromatic carbocycles. The van der Waals surface area contributed by atoms with Gasteiger partial charge in [-0.3, -0.25) is 14.9 Å². The molecule has 0 saturated carbocycles. The van der Waals surface area contributed by atoms with Crippen LogP contribution in [0.25, 0.3) is 0 Å². The third-order valence-corrected chi connectivity index (χ3v) is 3.31. The number of furan rings is 1. The van der Waals surface area contributed by atoms with Gasteiger partial charge in [-0.2, -0.15) is 5.26 Å². The van der Waals surface area contributed by atoms with E-state index in [1.807, 2.05) is 13.8 Å². The SMILES string of the molecule is CC1(C)c2oc(c3c2C(=O)NC3=O)C1C#N. The highest BCUT2D eigenvalue weighted by atomic mass is 16.4. The highest BCUT2D eigenvalue weighted by molar-refractivity contribution is 6.23. The molecule has 1 unspecified atom stereocenters. The number of nitrogens with zero attached hydrogens (tertiary/aromatic N) is 1. The smallest absolute Gasteiger partial charge is 0.262 e. The fourth-order valence-corrected chi connectivity index (χ4v) is 2.45. The molecule has 2 bridgehead atoms. The van der Waals surface area contributed by atoms with E-state index in [0.717, 1.165) is 0 Å². The van der Waals surface area contributed by atoms with Crippen LogP contribution in [0.2, 0.25) is 0 Å². The quantitative estimate of drug-likeness (QED) is 0.657. The Morgan fingerprint density at radius 3 is 2.56 bits per heavy atom. The maximum absolute atomic E-state index is 11.6. The van der Waals surface area contributed by atoms with Gasteiger partial charge in [0.1, 0.15) is 17.4 Å². The minimum atomic E-state index is -0.537. The van der Waals surface area contributed by atoms with Crippen molar-refractivity contribution >= 4 is 11.8 Å². The molecule has 5 heteroatoms. The Kier molecular flexibility index (Phi) is 1.35. The first-order valence-electron chi connectivity index (χ1n) is 4.91. The fraction of sp³-hybridized carbons (Fsp3) is 0.364. The normalized spacial score (nSPS) is 24.2. The van der Waals surface area contributed by atoms with Gasteiger partial charge in [0.2, 0.25) is 0 Å². The number of rotatable bonds is 0. The molecule has 1 aromatic heterocycles. The van der Waals surface area contributed by atoms with Crippen molar-refractivity contribution in [3.63, 3.8) is 0 Å². The van der Waals surface area contributed by atoms with Crippen molar-refractivity contribution in [2.24, 2.45) is 0 Å². The number of amides is 2. The lowest BCUT2D eigenvalue weighted by molar-refractivity contribution is 0.0876. The molecule has 80 valence electrons. The topological polar surface area (TPSA) is 83.1 Å². The van der Waals surface area contributed by atoms with E-state index in [2.05, 4.69) is 11.4 Å². The zero-order valence-corrected chi connectivity index (χ0v) is 8.75. The van der Waals surface area contributed by atoms with E-state index in [9.17, 15) is 9.59 Å². The maximum atomic E-state index is 11.6. The Balaban J connectivity index is 2.36. The van der Waals surface area contributed by atoms with E-state index >= 15 is 0 Å². The summed E-state index contributed by atoms with van der Waals surface area (Å²) in [6.07, 6.45) is 0. The van der Waals surface area contributed by atoms with Crippen molar-refractivity contribution in [1.29, 1.82) is 5.26 Å². The van der Waals surface area contributed by atoms with Crippen LogP contribution in [0.15, 0.2) is 4.42 Å². The van der Waals surface area contributed by atoms with Crippen LogP contribution in [0.3, 0.4) is 0 Å². The first-order chi connectivity index (χ1) is 7.48. The first-order valence-corrected chi connectivity index (χ1v) is 4.91. The Bertz CT molecular complexity index is 589. The molecule has 0 aliphatic carbocycles. The maximum Gasteiger partial charge on any atom is 0.262 e. The van der Waals surface area contributed by atoms with E-state index in [1.165, 1.54) is 0 Å². The summed E-state index contributed by atoms with van der Waals surface area (Å²) < 4.78 is 5.45. The minimum absolute atomic E-state index is 0.255. The molecule has 1 atom stereocenters. The number of hydrogen-bond donors (Lipinski definition) is 1. The van der Waals surface area contributed by atoms with Gasteiger partial charge in [0.25, 0.3) is 11.8 Å². The number of hydrogen-bond acceptors (Lipinski definition) is 4. The van der Waals surface area contributed by atoms with Crippen LogP contribution in [0.1, 0.15) is 52.0 Å². The lowest BCUT2D eigenvalue weighted by atomic mass is 9.72. The van der Waals surface area contributed by atoms with Crippen LogP contribution in [0.5, 0.6) is 0 Å². The molecule has 3 rings (SSSR count). The van der Waals surface area contributed by atoms with Gasteiger partial charge in [0.05, 0.1) is 17.2 Å². The zero-order chi connectivity index (χ0) is 11.7. The summed E-state index contributed by atoms with van der Waals surface area (Å²) in [6.45, 7) is 3.67. The minimum Gasteiger partial charge on any atom is -0.462 e. The predicted molar refractivity (Wildman–Crippen MR) is 51.9 cm³/mol. The van der Waals surface area contributed by atoms with Crippen molar-refractivity contribution in [2.45, 2.75) is 25.2 Å². The molecule has 0 fully saturated rings. The molecule has 2 aliphatic rings. The molecule has 1 aromatic rings. The fourth-order valence-electron chi connectivity index (χ4n) is 2.45. The standard InChI is InChI=1S/C11H8N2O3/c1-11(2)4(3-12)7-5-6(8(11)16-7)10(15)13-9(5)14/h4H,1-2H3,(H,13,14,15). The molecule has 16 heavy (non-hydrogen) atoms. The summed E-state index contributed by atoms with van der Waals surface area (Å²) in [5.74, 6) is -0.582. The molecule has 1 N–H and O–H groups in total. The number of carbonyl (C=O) groups excluding carboxylic acids is 2. The van der Waals surface area contributed by atoms with Crippen LogP contribution >= 0.6 is 0 Å². The average Bonchev–Trinajstić information content (AvgIpc) is 2.76. The number of nitrogens with one attached hydrogen (secondary N) is 1. The van der Waals surface area contributed by atoms with Crippen molar-refractivity contribution in [3.05, 3.63) is 22.6 Å². The largest absolute Gasteiger partial charge is 0.462 e. The van der Waals surface area contributed by atoms with Gasteiger partial charge in [-0.1, -0.05) is 13.8 Å². The van der Waals surface area contributed by atoms with Crippen molar-refractivity contribution in [1.82, 2.24) is 5.32 Å². The second-order valence-corrected chi connectivity index (χ2v) is 4.61. The van der Waals surface area contributed by atoms with Crippen LogP contribution in [-0.4, -0.2) is 11.8 Å². The van der Waals surface area contributed by atoms with Gasteiger partial charge < -0.3 is 4.42 Å². The third-order valence-electron chi connectivity index (χ3n) is 3.31. The van der Waals surface area contributed by atoms with E-state index in [1.54, 1.807) is 0 Å². The molecular weight excluding hydrogens is 208 g/mol. The monoisotopic (exact) mass is 216 g/mol. The van der Waals surface area contributed by atoms with Gasteiger partial charge in [0.15, 0.2) is 0 Å². The van der Waals surface area contributed by atoms with Crippen molar-refractivity contribution < 1.29 is 14.0 Å². The molecular formula is C11H8N2O3. The second-order valence-electron chi connectivity index (χ2n) is 4.61. The van der Waals surface area contributed by atoms with Crippen LogP contribution in [0.4, 0.5) is 0 Å². The number of imide groups is 1. The molecule has 0 spiro atoms. The molecule has 0 radical (unpaired) electrons. The zero-order valence-electron chi connectivity index (χ0n) is 8.75. The van der Waals surface area contributed by atoms with E-state index in [4.69, 9.17) is 9.68 Å². The third kappa shape index (κ3) is 0.735. The summed E-state index contributed by atoms with van der Waals surface area (Å²) in [5, 5.41) is 11.3. The molecule has 0 saturated heterocycles. The summed E-state index contributed by atoms with van der Waals surface area (Å²) in [5.41, 5.74) is 0.0348. The van der Waals surface area contributed by atoms with E-state index < -0.39 is 23.1 Å². The Labute approximate surface area is 91.0 Å². The summed E-state index contributed by atoms with van der Waals surface area (Å²) in [6, 6.07) is 2.13. The molecule has 3 heterocycles. The first kappa shape index (κ1) is 9.16. The van der Waals surface area contributed by atoms with E-state index in [-0.39, 0.29) is 5.56 Å². The number of nitriles is 1. The lowest BCUT2D eigenvalue weighted by Gasteiger charge is -2.23. The lowest BCUT2D eigenvalue weighted by Crippen LogP contribution is -2.26. The Hall–Kier alpha value is -2.09. The Morgan fingerprint density at radius 1 is 1.31 bits per heavy atom. The van der Waals surface area contributed by atoms with Gasteiger partial charge in [-0.05, 0) is 0 Å². The van der Waals surface area contributed by atoms with Crippen molar-refractivity contribution in [3.8, 4) is 6.07 Å². The predicted octanol–water partition coefficient (Wildman–Crippen LogP) is 1.06. The van der Waals surface area contributed by atoms with Crippen LogP contribution in [0, 0.1) is 11.3 Å². The molecule has 2 amide bonds. The highest BCUT2D eigenvalue weighted by Crippen LogP contribution is 2.52. The van der Waals surface area contributed by atoms with Gasteiger partial charge in [0, 0.05) is 5.41 Å². The summed E-state index contributed by atoms with van der Waals surface area (Å²) in [4.78, 5) is 23.1. The summed E-state index contributed by atoms with van der Waals surface area (Å²) >= 11 is 0. The molecule has 5 nitrogen and oxygen atoms in total. The average molecular weight is 216 g/mol. The second kappa shape index (κ2) is 2.35. The van der Waals surface area contributed by atoms with Gasteiger partial charge in [-0.25, -0.2) is 0 Å². The molecule has 2 aliphatic heterocycles. The highest BCUT2D eigenvalue weighted by Gasteiger charge is 2.54. The summed E-state index contributed by atoms with van der Waals surface area (Å²) in [7, 11) is 0. The van der Waals surface area contributed by atoms with Crippen LogP contribution in [-0.2, 0) is 5.41 Å². The number of fused-ring (bicyclic) bond motifs is 5. The van der Waals surface area contributed by atoms with Crippen molar-refractivity contribution in [2.75, 3.05) is 0 Å². The van der Waals surface area contributed by atoms with Crippen LogP contribution < -0.4 is 5.32 Å². The van der Waals surface area contributed by atoms with Gasteiger partial charge >= 0.3 is 0 Å².